The van der Waals surface area contributed by atoms with E-state index in [1.165, 1.54) is 0 Å². The molecule has 1 aliphatic heterocycles. The number of benzene rings is 2. The van der Waals surface area contributed by atoms with Crippen molar-refractivity contribution >= 4 is 11.6 Å². The summed E-state index contributed by atoms with van der Waals surface area (Å²) >= 11 is 0. The molecule has 0 fully saturated rings. The van der Waals surface area contributed by atoms with Gasteiger partial charge in [0.25, 0.3) is 5.89 Å². The highest BCUT2D eigenvalue weighted by molar-refractivity contribution is 5.91. The molecule has 5 rings (SSSR count). The van der Waals surface area contributed by atoms with E-state index in [0.717, 1.165) is 22.4 Å². The lowest BCUT2D eigenvalue weighted by Gasteiger charge is -2.10. The molecule has 31 heavy (non-hydrogen) atoms. The van der Waals surface area contributed by atoms with E-state index in [9.17, 15) is 4.79 Å². The van der Waals surface area contributed by atoms with E-state index in [1.54, 1.807) is 10.8 Å². The second kappa shape index (κ2) is 7.64. The molecule has 0 unspecified atom stereocenters. The molecule has 0 atom stereocenters. The van der Waals surface area contributed by atoms with Gasteiger partial charge in [0.15, 0.2) is 11.5 Å². The van der Waals surface area contributed by atoms with Crippen molar-refractivity contribution < 1.29 is 18.8 Å². The number of hydrogen-bond donors (Lipinski definition) is 1. The molecule has 1 N–H and O–H groups in total. The van der Waals surface area contributed by atoms with Crippen molar-refractivity contribution in [2.75, 3.05) is 12.1 Å². The number of nitrogens with zero attached hydrogens (tertiary/aromatic N) is 3. The molecule has 2 aromatic heterocycles. The van der Waals surface area contributed by atoms with Crippen LogP contribution < -0.4 is 14.8 Å². The number of anilines is 1. The predicted molar refractivity (Wildman–Crippen MR) is 114 cm³/mol. The quantitative estimate of drug-likeness (QED) is 0.525. The number of aromatic nitrogens is 3. The molecule has 1 aliphatic rings. The summed E-state index contributed by atoms with van der Waals surface area (Å²) < 4.78 is 18.0. The van der Waals surface area contributed by atoms with Crippen LogP contribution in [0.3, 0.4) is 0 Å². The summed E-state index contributed by atoms with van der Waals surface area (Å²) in [5.41, 5.74) is 4.39. The van der Waals surface area contributed by atoms with Crippen LogP contribution in [0.25, 0.3) is 23.0 Å². The van der Waals surface area contributed by atoms with Gasteiger partial charge < -0.3 is 23.9 Å². The summed E-state index contributed by atoms with van der Waals surface area (Å²) in [6, 6.07) is 15.1. The molecular formula is C23H20N4O4. The standard InChI is InChI=1S/C23H20N4O4/c1-14-5-7-17(15(2)10-14)24-21(28)12-27-9-3-4-18(27)23-25-22(26-31-23)16-6-8-19-20(11-16)30-13-29-19/h3-11H,12-13H2,1-2H3,(H,24,28). The van der Waals surface area contributed by atoms with Crippen molar-refractivity contribution in [1.82, 2.24) is 14.7 Å². The lowest BCUT2D eigenvalue weighted by atomic mass is 10.1. The Bertz CT molecular complexity index is 1270. The van der Waals surface area contributed by atoms with Gasteiger partial charge in [-0.2, -0.15) is 4.98 Å². The summed E-state index contributed by atoms with van der Waals surface area (Å²) in [5.74, 6) is 1.96. The van der Waals surface area contributed by atoms with Crippen LogP contribution in [0.2, 0.25) is 0 Å². The maximum absolute atomic E-state index is 12.6. The van der Waals surface area contributed by atoms with Crippen molar-refractivity contribution in [2.24, 2.45) is 0 Å². The van der Waals surface area contributed by atoms with Gasteiger partial charge >= 0.3 is 0 Å². The first-order valence-electron chi connectivity index (χ1n) is 9.83. The molecule has 3 heterocycles. The Labute approximate surface area is 178 Å². The molecule has 4 aromatic rings. The van der Waals surface area contributed by atoms with Crippen LogP contribution in [-0.4, -0.2) is 27.4 Å². The Morgan fingerprint density at radius 3 is 2.84 bits per heavy atom. The number of aryl methyl sites for hydroxylation is 2. The monoisotopic (exact) mass is 416 g/mol. The summed E-state index contributed by atoms with van der Waals surface area (Å²) in [6.07, 6.45) is 1.81. The van der Waals surface area contributed by atoms with Crippen molar-refractivity contribution in [3.63, 3.8) is 0 Å². The van der Waals surface area contributed by atoms with E-state index in [0.29, 0.717) is 28.9 Å². The molecule has 1 amide bonds. The van der Waals surface area contributed by atoms with Crippen LogP contribution >= 0.6 is 0 Å². The first kappa shape index (κ1) is 18.9. The normalized spacial score (nSPS) is 12.2. The Hall–Kier alpha value is -4.07. The van der Waals surface area contributed by atoms with Crippen LogP contribution in [-0.2, 0) is 11.3 Å². The first-order chi connectivity index (χ1) is 15.1. The molecule has 156 valence electrons. The molecule has 2 aromatic carbocycles. The topological polar surface area (TPSA) is 91.4 Å². The largest absolute Gasteiger partial charge is 0.454 e. The number of carbonyl (C=O) groups is 1. The maximum Gasteiger partial charge on any atom is 0.274 e. The number of nitrogens with one attached hydrogen (secondary N) is 1. The molecule has 0 saturated heterocycles. The van der Waals surface area contributed by atoms with E-state index in [1.807, 2.05) is 62.4 Å². The van der Waals surface area contributed by atoms with Crippen molar-refractivity contribution in [1.29, 1.82) is 0 Å². The highest BCUT2D eigenvalue weighted by Gasteiger charge is 2.19. The third kappa shape index (κ3) is 3.75. The third-order valence-electron chi connectivity index (χ3n) is 5.08. The van der Waals surface area contributed by atoms with E-state index in [4.69, 9.17) is 14.0 Å². The lowest BCUT2D eigenvalue weighted by Crippen LogP contribution is -2.19. The van der Waals surface area contributed by atoms with Crippen molar-refractivity contribution in [2.45, 2.75) is 20.4 Å². The number of hydrogen-bond acceptors (Lipinski definition) is 6. The van der Waals surface area contributed by atoms with E-state index >= 15 is 0 Å². The first-order valence-corrected chi connectivity index (χ1v) is 9.83. The lowest BCUT2D eigenvalue weighted by molar-refractivity contribution is -0.116. The van der Waals surface area contributed by atoms with Crippen LogP contribution in [0.4, 0.5) is 5.69 Å². The van der Waals surface area contributed by atoms with Gasteiger partial charge in [-0.1, -0.05) is 22.9 Å². The van der Waals surface area contributed by atoms with E-state index in [2.05, 4.69) is 15.5 Å². The van der Waals surface area contributed by atoms with Crippen molar-refractivity contribution in [3.8, 4) is 34.5 Å². The molecule has 8 heteroatoms. The van der Waals surface area contributed by atoms with Gasteiger partial charge in [-0.15, -0.1) is 0 Å². The summed E-state index contributed by atoms with van der Waals surface area (Å²) in [7, 11) is 0. The molecule has 0 aliphatic carbocycles. The van der Waals surface area contributed by atoms with Gasteiger partial charge in [-0.25, -0.2) is 0 Å². The number of fused-ring (bicyclic) bond motifs is 1. The molecule has 0 spiro atoms. The summed E-state index contributed by atoms with van der Waals surface area (Å²) in [4.78, 5) is 17.1. The van der Waals surface area contributed by atoms with E-state index in [-0.39, 0.29) is 19.2 Å². The number of carbonyl (C=O) groups excluding carboxylic acids is 1. The zero-order valence-electron chi connectivity index (χ0n) is 17.1. The fourth-order valence-electron chi connectivity index (χ4n) is 3.52. The third-order valence-corrected chi connectivity index (χ3v) is 5.08. The fourth-order valence-corrected chi connectivity index (χ4v) is 3.52. The molecular weight excluding hydrogens is 396 g/mol. The Morgan fingerprint density at radius 1 is 1.10 bits per heavy atom. The summed E-state index contributed by atoms with van der Waals surface area (Å²) in [6.45, 7) is 4.32. The fraction of sp³-hybridized carbons (Fsp3) is 0.174. The molecule has 0 saturated carbocycles. The molecule has 8 nitrogen and oxygen atoms in total. The van der Waals surface area contributed by atoms with Gasteiger partial charge in [0.1, 0.15) is 12.2 Å². The van der Waals surface area contributed by atoms with Crippen LogP contribution in [0, 0.1) is 13.8 Å². The van der Waals surface area contributed by atoms with Gasteiger partial charge in [-0.05, 0) is 55.8 Å². The minimum Gasteiger partial charge on any atom is -0.454 e. The maximum atomic E-state index is 12.6. The van der Waals surface area contributed by atoms with E-state index < -0.39 is 0 Å². The van der Waals surface area contributed by atoms with Crippen molar-refractivity contribution in [3.05, 3.63) is 65.9 Å². The van der Waals surface area contributed by atoms with Gasteiger partial charge in [0.2, 0.25) is 18.5 Å². The Morgan fingerprint density at radius 2 is 1.97 bits per heavy atom. The minimum atomic E-state index is -0.139. The highest BCUT2D eigenvalue weighted by atomic mass is 16.7. The average molecular weight is 416 g/mol. The van der Waals surface area contributed by atoms with Gasteiger partial charge in [-0.3, -0.25) is 4.79 Å². The zero-order valence-corrected chi connectivity index (χ0v) is 17.1. The predicted octanol–water partition coefficient (Wildman–Crippen LogP) is 4.19. The highest BCUT2D eigenvalue weighted by Crippen LogP contribution is 2.35. The number of amides is 1. The van der Waals surface area contributed by atoms with Gasteiger partial charge in [0, 0.05) is 17.4 Å². The van der Waals surface area contributed by atoms with Crippen LogP contribution in [0.5, 0.6) is 11.5 Å². The van der Waals surface area contributed by atoms with Gasteiger partial charge in [0.05, 0.1) is 0 Å². The SMILES string of the molecule is Cc1ccc(NC(=O)Cn2cccc2-c2nc(-c3ccc4c(c3)OCO4)no2)c(C)c1. The Balaban J connectivity index is 1.34. The molecule has 0 bridgehead atoms. The second-order valence-electron chi connectivity index (χ2n) is 7.38. The zero-order chi connectivity index (χ0) is 21.4. The van der Waals surface area contributed by atoms with Crippen LogP contribution in [0.15, 0.2) is 59.3 Å². The number of ether oxygens (including phenoxy) is 2. The smallest absolute Gasteiger partial charge is 0.274 e. The number of rotatable bonds is 5. The second-order valence-corrected chi connectivity index (χ2v) is 7.38. The Kier molecular flexibility index (Phi) is 4.66. The average Bonchev–Trinajstić information content (AvgIpc) is 3.49. The summed E-state index contributed by atoms with van der Waals surface area (Å²) in [5, 5.41) is 7.04. The van der Waals surface area contributed by atoms with Crippen LogP contribution in [0.1, 0.15) is 11.1 Å². The molecule has 0 radical (unpaired) electrons. The minimum absolute atomic E-state index is 0.122.